The molecule has 6 heteroatoms. The fourth-order valence-electron chi connectivity index (χ4n) is 2.29. The number of fused-ring (bicyclic) bond motifs is 1. The van der Waals surface area contributed by atoms with Gasteiger partial charge in [0.2, 0.25) is 0 Å². The van der Waals surface area contributed by atoms with Crippen LogP contribution in [0, 0.1) is 5.82 Å². The maximum Gasteiger partial charge on any atom is 0.128 e. The molecule has 1 atom stereocenters. The van der Waals surface area contributed by atoms with E-state index in [2.05, 4.69) is 10.1 Å². The van der Waals surface area contributed by atoms with Gasteiger partial charge in [-0.05, 0) is 31.2 Å². The highest BCUT2D eigenvalue weighted by atomic mass is 35.5. The molecular formula is C14H14ClFN4. The van der Waals surface area contributed by atoms with E-state index >= 15 is 0 Å². The average molecular weight is 293 g/mol. The first-order chi connectivity index (χ1) is 9.54. The number of benzene rings is 1. The minimum atomic E-state index is -0.284. The molecule has 0 aliphatic carbocycles. The fraction of sp³-hybridized carbons (Fsp3) is 0.286. The minimum Gasteiger partial charge on any atom is -0.320 e. The van der Waals surface area contributed by atoms with Crippen LogP contribution in [0.25, 0.3) is 11.0 Å². The quantitative estimate of drug-likeness (QED) is 0.695. The van der Waals surface area contributed by atoms with Crippen LogP contribution in [-0.4, -0.2) is 19.3 Å². The fourth-order valence-corrected chi connectivity index (χ4v) is 2.46. The zero-order chi connectivity index (χ0) is 14.3. The van der Waals surface area contributed by atoms with E-state index in [0.29, 0.717) is 6.54 Å². The maximum absolute atomic E-state index is 13.5. The SMILES string of the molecule is CC(Cl)c1nc2ccc(F)cc2n1Cc1ccn(C)n1. The van der Waals surface area contributed by atoms with Crippen molar-refractivity contribution in [3.8, 4) is 0 Å². The van der Waals surface area contributed by atoms with Crippen LogP contribution in [0.3, 0.4) is 0 Å². The van der Waals surface area contributed by atoms with Gasteiger partial charge in [0.05, 0.1) is 28.6 Å². The van der Waals surface area contributed by atoms with Crippen LogP contribution in [0.2, 0.25) is 0 Å². The molecule has 0 spiro atoms. The van der Waals surface area contributed by atoms with Gasteiger partial charge >= 0.3 is 0 Å². The number of hydrogen-bond donors (Lipinski definition) is 0. The van der Waals surface area contributed by atoms with E-state index in [1.165, 1.54) is 12.1 Å². The summed E-state index contributed by atoms with van der Waals surface area (Å²) in [6, 6.07) is 6.48. The van der Waals surface area contributed by atoms with E-state index < -0.39 is 0 Å². The van der Waals surface area contributed by atoms with E-state index in [4.69, 9.17) is 11.6 Å². The van der Waals surface area contributed by atoms with Crippen LogP contribution in [0.4, 0.5) is 4.39 Å². The van der Waals surface area contributed by atoms with Gasteiger partial charge in [0.15, 0.2) is 0 Å². The van der Waals surface area contributed by atoms with Crippen LogP contribution in [-0.2, 0) is 13.6 Å². The Hall–Kier alpha value is -1.88. The molecule has 4 nitrogen and oxygen atoms in total. The Morgan fingerprint density at radius 3 is 2.80 bits per heavy atom. The number of aromatic nitrogens is 4. The van der Waals surface area contributed by atoms with E-state index in [9.17, 15) is 4.39 Å². The van der Waals surface area contributed by atoms with E-state index in [1.54, 1.807) is 10.7 Å². The molecule has 104 valence electrons. The lowest BCUT2D eigenvalue weighted by Gasteiger charge is -2.08. The first kappa shape index (κ1) is 13.1. The maximum atomic E-state index is 13.5. The molecule has 0 saturated carbocycles. The molecule has 0 N–H and O–H groups in total. The first-order valence-electron chi connectivity index (χ1n) is 6.33. The number of aryl methyl sites for hydroxylation is 1. The standard InChI is InChI=1S/C14H14ClFN4/c1-9(15)14-17-12-4-3-10(16)7-13(12)20(14)8-11-5-6-19(2)18-11/h3-7,9H,8H2,1-2H3. The van der Waals surface area contributed by atoms with Gasteiger partial charge in [0.25, 0.3) is 0 Å². The lowest BCUT2D eigenvalue weighted by atomic mass is 10.3. The third-order valence-corrected chi connectivity index (χ3v) is 3.38. The van der Waals surface area contributed by atoms with Crippen LogP contribution in [0.1, 0.15) is 23.8 Å². The van der Waals surface area contributed by atoms with Crippen molar-refractivity contribution in [3.05, 3.63) is 47.8 Å². The summed E-state index contributed by atoms with van der Waals surface area (Å²) in [6.45, 7) is 2.38. The smallest absolute Gasteiger partial charge is 0.128 e. The monoisotopic (exact) mass is 292 g/mol. The average Bonchev–Trinajstić information content (AvgIpc) is 2.95. The molecule has 3 rings (SSSR count). The van der Waals surface area contributed by atoms with Crippen molar-refractivity contribution in [2.45, 2.75) is 18.8 Å². The van der Waals surface area contributed by atoms with Crippen LogP contribution < -0.4 is 0 Å². The van der Waals surface area contributed by atoms with Crippen molar-refractivity contribution in [3.63, 3.8) is 0 Å². The van der Waals surface area contributed by atoms with Gasteiger partial charge in [-0.15, -0.1) is 11.6 Å². The van der Waals surface area contributed by atoms with Crippen molar-refractivity contribution < 1.29 is 4.39 Å². The predicted molar refractivity (Wildman–Crippen MR) is 76.3 cm³/mol. The van der Waals surface area contributed by atoms with Crippen molar-refractivity contribution in [2.75, 3.05) is 0 Å². The molecule has 0 aliphatic rings. The summed E-state index contributed by atoms with van der Waals surface area (Å²) < 4.78 is 17.1. The van der Waals surface area contributed by atoms with E-state index in [0.717, 1.165) is 22.6 Å². The highest BCUT2D eigenvalue weighted by Crippen LogP contribution is 2.25. The van der Waals surface area contributed by atoms with Gasteiger partial charge in [-0.2, -0.15) is 5.10 Å². The summed E-state index contributed by atoms with van der Waals surface area (Å²) in [7, 11) is 1.86. The lowest BCUT2D eigenvalue weighted by Crippen LogP contribution is -2.06. The van der Waals surface area contributed by atoms with Crippen molar-refractivity contribution in [1.82, 2.24) is 19.3 Å². The summed E-state index contributed by atoms with van der Waals surface area (Å²) >= 11 is 6.19. The molecule has 2 heterocycles. The van der Waals surface area contributed by atoms with Crippen molar-refractivity contribution >= 4 is 22.6 Å². The molecule has 0 radical (unpaired) electrons. The largest absolute Gasteiger partial charge is 0.320 e. The van der Waals surface area contributed by atoms with Gasteiger partial charge in [0.1, 0.15) is 11.6 Å². The Bertz CT molecular complexity index is 760. The van der Waals surface area contributed by atoms with Gasteiger partial charge in [-0.25, -0.2) is 9.37 Å². The van der Waals surface area contributed by atoms with Crippen molar-refractivity contribution in [1.29, 1.82) is 0 Å². The van der Waals surface area contributed by atoms with E-state index in [-0.39, 0.29) is 11.2 Å². The molecule has 0 fully saturated rings. The Labute approximate surface area is 120 Å². The van der Waals surface area contributed by atoms with Gasteiger partial charge in [0, 0.05) is 13.2 Å². The zero-order valence-corrected chi connectivity index (χ0v) is 12.0. The summed E-state index contributed by atoms with van der Waals surface area (Å²) in [4.78, 5) is 4.49. The molecule has 0 amide bonds. The van der Waals surface area contributed by atoms with Gasteiger partial charge in [-0.3, -0.25) is 4.68 Å². The van der Waals surface area contributed by atoms with Crippen molar-refractivity contribution in [2.24, 2.45) is 7.05 Å². The minimum absolute atomic E-state index is 0.255. The predicted octanol–water partition coefficient (Wildman–Crippen LogP) is 3.26. The number of rotatable bonds is 3. The number of hydrogen-bond acceptors (Lipinski definition) is 2. The molecule has 1 unspecified atom stereocenters. The molecule has 0 saturated heterocycles. The second-order valence-corrected chi connectivity index (χ2v) is 5.44. The van der Waals surface area contributed by atoms with Gasteiger partial charge in [-0.1, -0.05) is 0 Å². The Kier molecular flexibility index (Phi) is 3.22. The van der Waals surface area contributed by atoms with E-state index in [1.807, 2.05) is 30.8 Å². The number of halogens is 2. The molecule has 2 aromatic heterocycles. The second-order valence-electron chi connectivity index (χ2n) is 4.79. The lowest BCUT2D eigenvalue weighted by molar-refractivity contribution is 0.627. The molecule has 1 aromatic carbocycles. The molecule has 20 heavy (non-hydrogen) atoms. The second kappa shape index (κ2) is 4.90. The summed E-state index contributed by atoms with van der Waals surface area (Å²) in [5.74, 6) is 0.436. The summed E-state index contributed by atoms with van der Waals surface area (Å²) in [5.41, 5.74) is 2.36. The Morgan fingerprint density at radius 1 is 1.35 bits per heavy atom. The third kappa shape index (κ3) is 2.29. The highest BCUT2D eigenvalue weighted by molar-refractivity contribution is 6.20. The topological polar surface area (TPSA) is 35.6 Å². The molecule has 3 aromatic rings. The van der Waals surface area contributed by atoms with Crippen LogP contribution in [0.5, 0.6) is 0 Å². The third-order valence-electron chi connectivity index (χ3n) is 3.18. The zero-order valence-electron chi connectivity index (χ0n) is 11.2. The number of nitrogens with zero attached hydrogens (tertiary/aromatic N) is 4. The summed E-state index contributed by atoms with van der Waals surface area (Å²) in [5, 5.41) is 4.09. The summed E-state index contributed by atoms with van der Waals surface area (Å²) in [6.07, 6.45) is 1.87. The number of alkyl halides is 1. The molecule has 0 bridgehead atoms. The van der Waals surface area contributed by atoms with Crippen LogP contribution in [0.15, 0.2) is 30.5 Å². The Morgan fingerprint density at radius 2 is 2.15 bits per heavy atom. The Balaban J connectivity index is 2.15. The highest BCUT2D eigenvalue weighted by Gasteiger charge is 2.16. The van der Waals surface area contributed by atoms with Crippen LogP contribution >= 0.6 is 11.6 Å². The molecular weight excluding hydrogens is 279 g/mol. The van der Waals surface area contributed by atoms with Gasteiger partial charge < -0.3 is 4.57 Å². The number of imidazole rings is 1. The molecule has 0 aliphatic heterocycles. The normalized spacial score (nSPS) is 13.0. The first-order valence-corrected chi connectivity index (χ1v) is 6.76.